The van der Waals surface area contributed by atoms with Gasteiger partial charge in [0.25, 0.3) is 0 Å². The molecular weight excluding hydrogens is 254 g/mol. The molecule has 3 atom stereocenters. The third kappa shape index (κ3) is 3.44. The molecule has 2 rings (SSSR count). The summed E-state index contributed by atoms with van der Waals surface area (Å²) in [5.41, 5.74) is 5.53. The van der Waals surface area contributed by atoms with E-state index in [0.717, 1.165) is 45.2 Å². The maximum absolute atomic E-state index is 11.7. The first-order chi connectivity index (χ1) is 9.65. The van der Waals surface area contributed by atoms with E-state index in [1.165, 1.54) is 12.8 Å². The van der Waals surface area contributed by atoms with Gasteiger partial charge in [0.2, 0.25) is 0 Å². The molecule has 1 saturated carbocycles. The number of nitrogens with one attached hydrogen (secondary N) is 1. The predicted octanol–water partition coefficient (Wildman–Crippen LogP) is 1.31. The first kappa shape index (κ1) is 15.6. The van der Waals surface area contributed by atoms with Crippen molar-refractivity contribution in [1.29, 1.82) is 0 Å². The van der Waals surface area contributed by atoms with Crippen molar-refractivity contribution < 1.29 is 9.90 Å². The summed E-state index contributed by atoms with van der Waals surface area (Å²) < 4.78 is 0. The molecule has 1 saturated heterocycles. The van der Waals surface area contributed by atoms with E-state index in [4.69, 9.17) is 5.73 Å². The number of aliphatic hydroxyl groups is 1. The molecule has 5 heteroatoms. The molecule has 0 bridgehead atoms. The second-order valence-electron chi connectivity index (χ2n) is 6.35. The van der Waals surface area contributed by atoms with Crippen LogP contribution >= 0.6 is 0 Å². The van der Waals surface area contributed by atoms with Crippen molar-refractivity contribution >= 4 is 6.03 Å². The highest BCUT2D eigenvalue weighted by atomic mass is 16.3. The molecular formula is C15H29N3O2. The molecule has 2 amide bonds. The third-order valence-electron chi connectivity index (χ3n) is 5.09. The number of urea groups is 1. The molecule has 1 aliphatic carbocycles. The van der Waals surface area contributed by atoms with Crippen molar-refractivity contribution in [1.82, 2.24) is 10.2 Å². The van der Waals surface area contributed by atoms with Crippen LogP contribution < -0.4 is 11.1 Å². The minimum Gasteiger partial charge on any atom is -0.392 e. The number of likely N-dealkylation sites (tertiary alicyclic amines) is 1. The smallest absolute Gasteiger partial charge is 0.315 e. The van der Waals surface area contributed by atoms with E-state index in [9.17, 15) is 9.90 Å². The van der Waals surface area contributed by atoms with Crippen molar-refractivity contribution in [2.24, 2.45) is 17.6 Å². The Hall–Kier alpha value is -0.810. The normalized spacial score (nSPS) is 27.5. The maximum Gasteiger partial charge on any atom is 0.315 e. The monoisotopic (exact) mass is 283 g/mol. The summed E-state index contributed by atoms with van der Waals surface area (Å²) in [6, 6.07) is -0.251. The van der Waals surface area contributed by atoms with Gasteiger partial charge in [-0.25, -0.2) is 4.79 Å². The van der Waals surface area contributed by atoms with E-state index in [1.54, 1.807) is 4.90 Å². The lowest BCUT2D eigenvalue weighted by atomic mass is 9.80. The van der Waals surface area contributed by atoms with Gasteiger partial charge in [-0.3, -0.25) is 0 Å². The maximum atomic E-state index is 11.7. The molecule has 5 nitrogen and oxygen atoms in total. The molecule has 3 unspecified atom stereocenters. The van der Waals surface area contributed by atoms with Gasteiger partial charge in [-0.2, -0.15) is 0 Å². The Labute approximate surface area is 121 Å². The highest BCUT2D eigenvalue weighted by Gasteiger charge is 2.39. The third-order valence-corrected chi connectivity index (χ3v) is 5.09. The number of amides is 2. The van der Waals surface area contributed by atoms with Crippen LogP contribution in [0, 0.1) is 11.8 Å². The highest BCUT2D eigenvalue weighted by molar-refractivity contribution is 5.72. The summed E-state index contributed by atoms with van der Waals surface area (Å²) in [7, 11) is 1.91. The van der Waals surface area contributed by atoms with Crippen molar-refractivity contribution in [3.63, 3.8) is 0 Å². The Morgan fingerprint density at radius 2 is 1.95 bits per heavy atom. The van der Waals surface area contributed by atoms with Gasteiger partial charge in [0.05, 0.1) is 6.10 Å². The number of nitrogens with two attached hydrogens (primary N) is 1. The molecule has 1 aliphatic heterocycles. The van der Waals surface area contributed by atoms with Crippen LogP contribution in [0.3, 0.4) is 0 Å². The van der Waals surface area contributed by atoms with E-state index < -0.39 is 0 Å². The standard InChI is InChI=1S/C15H29N3O2/c1-17-10-12(14(19)11-6-2-3-7-11)13-8-4-5-9-18(13)15(16)20/h11-14,17,19H,2-10H2,1H3,(H2,16,20). The van der Waals surface area contributed by atoms with Crippen molar-refractivity contribution in [2.45, 2.75) is 57.1 Å². The minimum atomic E-state index is -0.338. The van der Waals surface area contributed by atoms with E-state index >= 15 is 0 Å². The van der Waals surface area contributed by atoms with E-state index in [0.29, 0.717) is 5.92 Å². The van der Waals surface area contributed by atoms with Crippen LogP contribution in [0.15, 0.2) is 0 Å². The molecule has 0 aromatic rings. The molecule has 0 aromatic carbocycles. The molecule has 116 valence electrons. The molecule has 2 aliphatic rings. The summed E-state index contributed by atoms with van der Waals surface area (Å²) in [4.78, 5) is 13.4. The van der Waals surface area contributed by atoms with Crippen LogP contribution in [0.5, 0.6) is 0 Å². The largest absolute Gasteiger partial charge is 0.392 e. The number of carbonyl (C=O) groups is 1. The zero-order chi connectivity index (χ0) is 14.5. The van der Waals surface area contributed by atoms with Gasteiger partial charge < -0.3 is 21.1 Å². The van der Waals surface area contributed by atoms with Gasteiger partial charge in [0, 0.05) is 25.0 Å². The van der Waals surface area contributed by atoms with Gasteiger partial charge in [-0.15, -0.1) is 0 Å². The summed E-state index contributed by atoms with van der Waals surface area (Å²) in [6.07, 6.45) is 7.44. The lowest BCUT2D eigenvalue weighted by Crippen LogP contribution is -2.55. The highest BCUT2D eigenvalue weighted by Crippen LogP contribution is 2.34. The van der Waals surface area contributed by atoms with Crippen LogP contribution in [0.2, 0.25) is 0 Å². The fraction of sp³-hybridized carbons (Fsp3) is 0.933. The Morgan fingerprint density at radius 3 is 2.55 bits per heavy atom. The van der Waals surface area contributed by atoms with Gasteiger partial charge in [0.15, 0.2) is 0 Å². The summed E-state index contributed by atoms with van der Waals surface area (Å²) in [6.45, 7) is 1.48. The summed E-state index contributed by atoms with van der Waals surface area (Å²) in [5.74, 6) is 0.487. The van der Waals surface area contributed by atoms with Crippen LogP contribution in [0.4, 0.5) is 4.79 Å². The minimum absolute atomic E-state index is 0.0873. The van der Waals surface area contributed by atoms with E-state index in [1.807, 2.05) is 7.05 Å². The lowest BCUT2D eigenvalue weighted by Gasteiger charge is -2.42. The Morgan fingerprint density at radius 1 is 1.30 bits per heavy atom. The van der Waals surface area contributed by atoms with E-state index in [-0.39, 0.29) is 24.1 Å². The molecule has 0 spiro atoms. The van der Waals surface area contributed by atoms with Crippen LogP contribution in [-0.4, -0.2) is 48.3 Å². The quantitative estimate of drug-likeness (QED) is 0.712. The van der Waals surface area contributed by atoms with Crippen molar-refractivity contribution in [3.05, 3.63) is 0 Å². The summed E-state index contributed by atoms with van der Waals surface area (Å²) >= 11 is 0. The number of primary amides is 1. The number of nitrogens with zero attached hydrogens (tertiary/aromatic N) is 1. The predicted molar refractivity (Wildman–Crippen MR) is 79.3 cm³/mol. The first-order valence-electron chi connectivity index (χ1n) is 8.04. The average molecular weight is 283 g/mol. The SMILES string of the molecule is CNCC(C(O)C1CCCC1)C1CCCCN1C(N)=O. The number of hydrogen-bond acceptors (Lipinski definition) is 3. The second-order valence-corrected chi connectivity index (χ2v) is 6.35. The first-order valence-corrected chi connectivity index (χ1v) is 8.04. The Balaban J connectivity index is 2.10. The lowest BCUT2D eigenvalue weighted by molar-refractivity contribution is 0.00334. The Kier molecular flexibility index (Phi) is 5.66. The van der Waals surface area contributed by atoms with Crippen molar-refractivity contribution in [3.8, 4) is 0 Å². The van der Waals surface area contributed by atoms with Gasteiger partial charge in [-0.1, -0.05) is 12.8 Å². The number of piperidine rings is 1. The molecule has 4 N–H and O–H groups in total. The number of carbonyl (C=O) groups excluding carboxylic acids is 1. The van der Waals surface area contributed by atoms with Crippen molar-refractivity contribution in [2.75, 3.05) is 20.1 Å². The van der Waals surface area contributed by atoms with Gasteiger partial charge in [0.1, 0.15) is 0 Å². The number of hydrogen-bond donors (Lipinski definition) is 3. The fourth-order valence-corrected chi connectivity index (χ4v) is 4.04. The zero-order valence-electron chi connectivity index (χ0n) is 12.6. The van der Waals surface area contributed by atoms with Gasteiger partial charge in [-0.05, 0) is 45.1 Å². The van der Waals surface area contributed by atoms with Crippen LogP contribution in [0.25, 0.3) is 0 Å². The molecule has 1 heterocycles. The molecule has 2 fully saturated rings. The fourth-order valence-electron chi connectivity index (χ4n) is 4.04. The van der Waals surface area contributed by atoms with Crippen LogP contribution in [-0.2, 0) is 0 Å². The number of aliphatic hydroxyl groups excluding tert-OH is 1. The van der Waals surface area contributed by atoms with E-state index in [2.05, 4.69) is 5.32 Å². The topological polar surface area (TPSA) is 78.6 Å². The number of rotatable bonds is 5. The van der Waals surface area contributed by atoms with Gasteiger partial charge >= 0.3 is 6.03 Å². The van der Waals surface area contributed by atoms with Crippen LogP contribution in [0.1, 0.15) is 44.9 Å². The average Bonchev–Trinajstić information content (AvgIpc) is 2.98. The zero-order valence-corrected chi connectivity index (χ0v) is 12.6. The molecule has 20 heavy (non-hydrogen) atoms. The second kappa shape index (κ2) is 7.27. The summed E-state index contributed by atoms with van der Waals surface area (Å²) in [5, 5.41) is 14.0. The Bertz CT molecular complexity index is 318. The molecule has 0 radical (unpaired) electrons. The molecule has 0 aromatic heterocycles.